The van der Waals surface area contributed by atoms with Crippen LogP contribution in [-0.4, -0.2) is 29.6 Å². The molecule has 0 spiro atoms. The summed E-state index contributed by atoms with van der Waals surface area (Å²) in [4.78, 5) is 38.7. The Morgan fingerprint density at radius 2 is 2.11 bits per heavy atom. The van der Waals surface area contributed by atoms with Crippen LogP contribution >= 0.6 is 0 Å². The molecule has 1 aromatic rings. The van der Waals surface area contributed by atoms with Gasteiger partial charge in [-0.2, -0.15) is 0 Å². The van der Waals surface area contributed by atoms with Crippen molar-refractivity contribution in [3.63, 3.8) is 0 Å². The first-order valence-electron chi connectivity index (χ1n) is 5.40. The van der Waals surface area contributed by atoms with E-state index in [1.807, 2.05) is 0 Å². The minimum Gasteiger partial charge on any atom is -0.319 e. The van der Waals surface area contributed by atoms with Crippen molar-refractivity contribution in [1.82, 2.24) is 4.98 Å². The molecule has 0 aliphatic carbocycles. The standard InChI is InChI=1S/C13H13N3O3/c1-3-11(18)15-10-6-5-7-14-13(10)16(8-9-17)12(19)4-2/h3-7,9H,1-2,8H2,(H,15,18). The molecule has 0 unspecified atom stereocenters. The summed E-state index contributed by atoms with van der Waals surface area (Å²) in [7, 11) is 0. The van der Waals surface area contributed by atoms with Gasteiger partial charge in [-0.25, -0.2) is 4.98 Å². The smallest absolute Gasteiger partial charge is 0.252 e. The highest BCUT2D eigenvalue weighted by Gasteiger charge is 2.17. The number of carbonyl (C=O) groups excluding carboxylic acids is 3. The summed E-state index contributed by atoms with van der Waals surface area (Å²) in [5.41, 5.74) is 0.310. The van der Waals surface area contributed by atoms with Gasteiger partial charge in [0.1, 0.15) is 6.29 Å². The number of hydrogen-bond donors (Lipinski definition) is 1. The Bertz CT molecular complexity index is 526. The summed E-state index contributed by atoms with van der Waals surface area (Å²) < 4.78 is 0. The van der Waals surface area contributed by atoms with Crippen molar-refractivity contribution in [3.8, 4) is 0 Å². The van der Waals surface area contributed by atoms with Crippen molar-refractivity contribution >= 4 is 29.6 Å². The third-order valence-corrected chi connectivity index (χ3v) is 2.18. The molecule has 98 valence electrons. The number of nitrogens with one attached hydrogen (secondary N) is 1. The Morgan fingerprint density at radius 3 is 2.68 bits per heavy atom. The Hall–Kier alpha value is -2.76. The van der Waals surface area contributed by atoms with Gasteiger partial charge in [0.25, 0.3) is 5.91 Å². The molecule has 1 heterocycles. The fourth-order valence-electron chi connectivity index (χ4n) is 1.36. The Morgan fingerprint density at radius 1 is 1.37 bits per heavy atom. The van der Waals surface area contributed by atoms with Gasteiger partial charge in [-0.05, 0) is 24.3 Å². The van der Waals surface area contributed by atoms with Gasteiger partial charge in [0, 0.05) is 6.20 Å². The lowest BCUT2D eigenvalue weighted by Gasteiger charge is -2.20. The SMILES string of the molecule is C=CC(=O)Nc1cccnc1N(CC=O)C(=O)C=C. The van der Waals surface area contributed by atoms with Crippen LogP contribution in [-0.2, 0) is 14.4 Å². The lowest BCUT2D eigenvalue weighted by Crippen LogP contribution is -2.32. The molecule has 0 bridgehead atoms. The van der Waals surface area contributed by atoms with E-state index in [1.165, 1.54) is 6.20 Å². The predicted molar refractivity (Wildman–Crippen MR) is 71.7 cm³/mol. The molecule has 0 aromatic carbocycles. The lowest BCUT2D eigenvalue weighted by atomic mass is 10.3. The second-order valence-electron chi connectivity index (χ2n) is 3.39. The largest absolute Gasteiger partial charge is 0.319 e. The van der Waals surface area contributed by atoms with Crippen LogP contribution in [0.2, 0.25) is 0 Å². The highest BCUT2D eigenvalue weighted by molar-refractivity contribution is 6.07. The van der Waals surface area contributed by atoms with Crippen LogP contribution in [0.1, 0.15) is 0 Å². The van der Waals surface area contributed by atoms with E-state index < -0.39 is 11.8 Å². The van der Waals surface area contributed by atoms with E-state index in [0.717, 1.165) is 17.1 Å². The Balaban J connectivity index is 3.18. The van der Waals surface area contributed by atoms with E-state index >= 15 is 0 Å². The number of pyridine rings is 1. The molecule has 0 aliphatic heterocycles. The summed E-state index contributed by atoms with van der Waals surface area (Å²) in [5.74, 6) is -0.749. The number of hydrogen-bond acceptors (Lipinski definition) is 4. The van der Waals surface area contributed by atoms with Gasteiger partial charge in [0.2, 0.25) is 5.91 Å². The van der Waals surface area contributed by atoms with Crippen molar-refractivity contribution in [2.75, 3.05) is 16.8 Å². The van der Waals surface area contributed by atoms with E-state index in [2.05, 4.69) is 23.5 Å². The average Bonchev–Trinajstić information content (AvgIpc) is 2.44. The highest BCUT2D eigenvalue weighted by Crippen LogP contribution is 2.22. The number of aromatic nitrogens is 1. The van der Waals surface area contributed by atoms with Crippen molar-refractivity contribution in [2.24, 2.45) is 0 Å². The van der Waals surface area contributed by atoms with Gasteiger partial charge >= 0.3 is 0 Å². The van der Waals surface area contributed by atoms with Crippen LogP contribution in [0.3, 0.4) is 0 Å². The maximum Gasteiger partial charge on any atom is 0.252 e. The second kappa shape index (κ2) is 6.85. The zero-order valence-corrected chi connectivity index (χ0v) is 10.2. The van der Waals surface area contributed by atoms with Crippen molar-refractivity contribution in [2.45, 2.75) is 0 Å². The summed E-state index contributed by atoms with van der Waals surface area (Å²) in [5, 5.41) is 2.51. The molecule has 0 radical (unpaired) electrons. The van der Waals surface area contributed by atoms with Gasteiger partial charge in [-0.15, -0.1) is 0 Å². The molecule has 0 atom stereocenters. The number of nitrogens with zero attached hydrogens (tertiary/aromatic N) is 2. The molecule has 0 saturated carbocycles. The summed E-state index contributed by atoms with van der Waals surface area (Å²) in [6, 6.07) is 3.16. The molecular weight excluding hydrogens is 246 g/mol. The molecule has 0 saturated heterocycles. The Labute approximate surface area is 110 Å². The zero-order chi connectivity index (χ0) is 14.3. The molecule has 1 aromatic heterocycles. The van der Waals surface area contributed by atoms with Crippen LogP contribution in [0, 0.1) is 0 Å². The fourth-order valence-corrected chi connectivity index (χ4v) is 1.36. The summed E-state index contributed by atoms with van der Waals surface area (Å²) >= 11 is 0. The lowest BCUT2D eigenvalue weighted by molar-refractivity contribution is -0.116. The molecule has 0 fully saturated rings. The summed E-state index contributed by atoms with van der Waals surface area (Å²) in [6.45, 7) is 6.51. The third-order valence-electron chi connectivity index (χ3n) is 2.18. The van der Waals surface area contributed by atoms with Gasteiger partial charge in [0.05, 0.1) is 12.2 Å². The first-order chi connectivity index (χ1) is 9.13. The maximum absolute atomic E-state index is 11.7. The van der Waals surface area contributed by atoms with E-state index in [4.69, 9.17) is 0 Å². The quantitative estimate of drug-likeness (QED) is 0.608. The van der Waals surface area contributed by atoms with Crippen molar-refractivity contribution in [1.29, 1.82) is 0 Å². The van der Waals surface area contributed by atoms with E-state index in [0.29, 0.717) is 12.0 Å². The minimum absolute atomic E-state index is 0.176. The number of rotatable bonds is 6. The molecular formula is C13H13N3O3. The third kappa shape index (κ3) is 3.60. The molecule has 19 heavy (non-hydrogen) atoms. The molecule has 0 aliphatic rings. The van der Waals surface area contributed by atoms with E-state index in [1.54, 1.807) is 12.1 Å². The van der Waals surface area contributed by atoms with Crippen LogP contribution in [0.25, 0.3) is 0 Å². The van der Waals surface area contributed by atoms with Crippen molar-refractivity contribution in [3.05, 3.63) is 43.6 Å². The predicted octanol–water partition coefficient (Wildman–Crippen LogP) is 0.924. The normalized spacial score (nSPS) is 9.26. The van der Waals surface area contributed by atoms with Crippen LogP contribution in [0.15, 0.2) is 43.6 Å². The van der Waals surface area contributed by atoms with Gasteiger partial charge < -0.3 is 10.1 Å². The molecule has 1 N–H and O–H groups in total. The molecule has 2 amide bonds. The summed E-state index contributed by atoms with van der Waals surface area (Å²) in [6.07, 6.45) is 4.18. The average molecular weight is 259 g/mol. The van der Waals surface area contributed by atoms with E-state index in [9.17, 15) is 14.4 Å². The molecule has 6 nitrogen and oxygen atoms in total. The first kappa shape index (κ1) is 14.3. The van der Waals surface area contributed by atoms with Crippen LogP contribution < -0.4 is 10.2 Å². The first-order valence-corrected chi connectivity index (χ1v) is 5.40. The highest BCUT2D eigenvalue weighted by atomic mass is 16.2. The number of aldehydes is 1. The number of carbonyl (C=O) groups is 3. The van der Waals surface area contributed by atoms with Gasteiger partial charge in [-0.3, -0.25) is 14.5 Å². The minimum atomic E-state index is -0.486. The number of anilines is 2. The molecule has 1 rings (SSSR count). The van der Waals surface area contributed by atoms with Crippen LogP contribution in [0.4, 0.5) is 11.5 Å². The topological polar surface area (TPSA) is 79.4 Å². The Kier molecular flexibility index (Phi) is 5.16. The second-order valence-corrected chi connectivity index (χ2v) is 3.39. The maximum atomic E-state index is 11.7. The van der Waals surface area contributed by atoms with Crippen molar-refractivity contribution < 1.29 is 14.4 Å². The number of amides is 2. The van der Waals surface area contributed by atoms with Gasteiger partial charge in [-0.1, -0.05) is 13.2 Å². The monoisotopic (exact) mass is 259 g/mol. The molecule has 6 heteroatoms. The fraction of sp³-hybridized carbons (Fsp3) is 0.0769. The van der Waals surface area contributed by atoms with Gasteiger partial charge in [0.15, 0.2) is 5.82 Å². The van der Waals surface area contributed by atoms with E-state index in [-0.39, 0.29) is 12.4 Å². The zero-order valence-electron chi connectivity index (χ0n) is 10.2. The van der Waals surface area contributed by atoms with Crippen LogP contribution in [0.5, 0.6) is 0 Å².